The van der Waals surface area contributed by atoms with E-state index < -0.39 is 11.7 Å². The Labute approximate surface area is 147 Å². The van der Waals surface area contributed by atoms with Crippen molar-refractivity contribution in [2.24, 2.45) is 0 Å². The second-order valence-electron chi connectivity index (χ2n) is 6.54. The van der Waals surface area contributed by atoms with Gasteiger partial charge in [0, 0.05) is 18.7 Å². The van der Waals surface area contributed by atoms with Crippen LogP contribution in [0.1, 0.15) is 39.7 Å². The van der Waals surface area contributed by atoms with Gasteiger partial charge in [0.2, 0.25) is 5.95 Å². The molecule has 0 fully saturated rings. The highest BCUT2D eigenvalue weighted by molar-refractivity contribution is 5.67. The molecule has 2 aromatic rings. The molecule has 0 radical (unpaired) electrons. The standard InChI is InChI=1S/C16H26N6O3/c1-6-8-17-13-21-14(24-5)20-12-11(10-19-22(12)13)7-9-18-15(23)25-16(2,3)4/h10H,6-9H2,1-5H3,(H,18,23)(H,17,20,21). The number of fused-ring (bicyclic) bond motifs is 1. The molecule has 2 N–H and O–H groups in total. The second kappa shape index (κ2) is 8.00. The molecule has 2 rings (SSSR count). The number of methoxy groups -OCH3 is 1. The number of hydrogen-bond acceptors (Lipinski definition) is 7. The van der Waals surface area contributed by atoms with E-state index in [2.05, 4.69) is 32.6 Å². The Morgan fingerprint density at radius 3 is 2.68 bits per heavy atom. The van der Waals surface area contributed by atoms with Crippen molar-refractivity contribution >= 4 is 17.7 Å². The van der Waals surface area contributed by atoms with Crippen molar-refractivity contribution in [2.45, 2.75) is 46.1 Å². The van der Waals surface area contributed by atoms with Crippen molar-refractivity contribution < 1.29 is 14.3 Å². The van der Waals surface area contributed by atoms with Gasteiger partial charge < -0.3 is 20.1 Å². The molecular weight excluding hydrogens is 324 g/mol. The van der Waals surface area contributed by atoms with Crippen LogP contribution < -0.4 is 15.4 Å². The second-order valence-corrected chi connectivity index (χ2v) is 6.54. The van der Waals surface area contributed by atoms with E-state index in [9.17, 15) is 4.79 Å². The Morgan fingerprint density at radius 2 is 2.04 bits per heavy atom. The van der Waals surface area contributed by atoms with E-state index in [1.807, 2.05) is 20.8 Å². The van der Waals surface area contributed by atoms with Crippen LogP contribution in [0.2, 0.25) is 0 Å². The van der Waals surface area contributed by atoms with Gasteiger partial charge in [0.25, 0.3) is 0 Å². The maximum absolute atomic E-state index is 11.7. The number of nitrogens with one attached hydrogen (secondary N) is 2. The molecule has 0 bridgehead atoms. The van der Waals surface area contributed by atoms with Gasteiger partial charge in [0.05, 0.1) is 13.3 Å². The summed E-state index contributed by atoms with van der Waals surface area (Å²) < 4.78 is 12.0. The van der Waals surface area contributed by atoms with Crippen LogP contribution in [-0.4, -0.2) is 51.5 Å². The summed E-state index contributed by atoms with van der Waals surface area (Å²) >= 11 is 0. The minimum atomic E-state index is -0.519. The highest BCUT2D eigenvalue weighted by atomic mass is 16.6. The van der Waals surface area contributed by atoms with Gasteiger partial charge in [-0.1, -0.05) is 6.92 Å². The Kier molecular flexibility index (Phi) is 6.00. The van der Waals surface area contributed by atoms with Gasteiger partial charge in [-0.3, -0.25) is 0 Å². The van der Waals surface area contributed by atoms with E-state index in [0.717, 1.165) is 18.5 Å². The molecule has 2 aromatic heterocycles. The molecule has 0 aliphatic carbocycles. The van der Waals surface area contributed by atoms with Crippen molar-refractivity contribution in [3.8, 4) is 6.01 Å². The summed E-state index contributed by atoms with van der Waals surface area (Å²) in [6.07, 6.45) is 2.80. The van der Waals surface area contributed by atoms with Crippen LogP contribution in [0.4, 0.5) is 10.7 Å². The monoisotopic (exact) mass is 350 g/mol. The number of ether oxygens (including phenoxy) is 2. The van der Waals surface area contributed by atoms with Crippen LogP contribution in [0, 0.1) is 0 Å². The first-order valence-corrected chi connectivity index (χ1v) is 8.33. The predicted molar refractivity (Wildman–Crippen MR) is 94.1 cm³/mol. The zero-order valence-corrected chi connectivity index (χ0v) is 15.4. The average molecular weight is 350 g/mol. The molecule has 0 saturated carbocycles. The molecule has 0 unspecified atom stereocenters. The number of anilines is 1. The number of rotatable bonds is 7. The molecule has 0 saturated heterocycles. The van der Waals surface area contributed by atoms with E-state index in [1.165, 1.54) is 7.11 Å². The van der Waals surface area contributed by atoms with E-state index in [-0.39, 0.29) is 6.01 Å². The van der Waals surface area contributed by atoms with E-state index >= 15 is 0 Å². The zero-order valence-electron chi connectivity index (χ0n) is 15.4. The van der Waals surface area contributed by atoms with Crippen LogP contribution >= 0.6 is 0 Å². The maximum atomic E-state index is 11.7. The minimum absolute atomic E-state index is 0.271. The number of carbonyl (C=O) groups is 1. The summed E-state index contributed by atoms with van der Waals surface area (Å²) in [5, 5.41) is 10.3. The molecule has 1 amide bonds. The van der Waals surface area contributed by atoms with Crippen LogP contribution in [0.25, 0.3) is 5.65 Å². The van der Waals surface area contributed by atoms with Gasteiger partial charge in [0.1, 0.15) is 5.60 Å². The molecule has 0 aliphatic heterocycles. The zero-order chi connectivity index (χ0) is 18.4. The lowest BCUT2D eigenvalue weighted by Crippen LogP contribution is -2.33. The summed E-state index contributed by atoms with van der Waals surface area (Å²) in [4.78, 5) is 20.4. The Morgan fingerprint density at radius 1 is 1.28 bits per heavy atom. The Bertz CT molecular complexity index is 722. The third-order valence-corrected chi connectivity index (χ3v) is 3.20. The molecule has 138 valence electrons. The maximum Gasteiger partial charge on any atom is 0.407 e. The molecule has 0 aromatic carbocycles. The summed E-state index contributed by atoms with van der Waals surface area (Å²) in [6.45, 7) is 8.73. The highest BCUT2D eigenvalue weighted by Crippen LogP contribution is 2.17. The summed E-state index contributed by atoms with van der Waals surface area (Å²) in [7, 11) is 1.52. The highest BCUT2D eigenvalue weighted by Gasteiger charge is 2.17. The normalized spacial score (nSPS) is 11.4. The van der Waals surface area contributed by atoms with Crippen LogP contribution in [0.5, 0.6) is 6.01 Å². The van der Waals surface area contributed by atoms with Gasteiger partial charge >= 0.3 is 12.1 Å². The molecule has 9 heteroatoms. The summed E-state index contributed by atoms with van der Waals surface area (Å²) in [5.74, 6) is 0.579. The number of amides is 1. The first kappa shape index (κ1) is 18.8. The number of aromatic nitrogens is 4. The van der Waals surface area contributed by atoms with E-state index in [1.54, 1.807) is 10.7 Å². The van der Waals surface area contributed by atoms with Crippen LogP contribution in [0.3, 0.4) is 0 Å². The topological polar surface area (TPSA) is 103 Å². The average Bonchev–Trinajstić information content (AvgIpc) is 2.94. The smallest absolute Gasteiger partial charge is 0.407 e. The Balaban J connectivity index is 2.10. The van der Waals surface area contributed by atoms with Gasteiger partial charge in [-0.15, -0.1) is 0 Å². The van der Waals surface area contributed by atoms with E-state index in [4.69, 9.17) is 9.47 Å². The summed E-state index contributed by atoms with van der Waals surface area (Å²) in [5.41, 5.74) is 1.02. The lowest BCUT2D eigenvalue weighted by Gasteiger charge is -2.19. The lowest BCUT2D eigenvalue weighted by molar-refractivity contribution is 0.0528. The van der Waals surface area contributed by atoms with Crippen molar-refractivity contribution in [1.82, 2.24) is 24.9 Å². The van der Waals surface area contributed by atoms with Crippen molar-refractivity contribution in [3.63, 3.8) is 0 Å². The van der Waals surface area contributed by atoms with Crippen LogP contribution in [0.15, 0.2) is 6.20 Å². The molecule has 0 spiro atoms. The number of alkyl carbamates (subject to hydrolysis) is 1. The van der Waals surface area contributed by atoms with Crippen LogP contribution in [-0.2, 0) is 11.2 Å². The molecule has 9 nitrogen and oxygen atoms in total. The third kappa shape index (κ3) is 5.20. The number of hydrogen-bond donors (Lipinski definition) is 2. The molecule has 25 heavy (non-hydrogen) atoms. The van der Waals surface area contributed by atoms with Gasteiger partial charge in [-0.05, 0) is 33.6 Å². The quantitative estimate of drug-likeness (QED) is 0.787. The fourth-order valence-corrected chi connectivity index (χ4v) is 2.14. The van der Waals surface area contributed by atoms with E-state index in [0.29, 0.717) is 24.6 Å². The first-order chi connectivity index (χ1) is 11.8. The predicted octanol–water partition coefficient (Wildman–Crippen LogP) is 2.02. The fraction of sp³-hybridized carbons (Fsp3) is 0.625. The molecule has 2 heterocycles. The molecular formula is C16H26N6O3. The largest absolute Gasteiger partial charge is 0.467 e. The molecule has 0 atom stereocenters. The van der Waals surface area contributed by atoms with Crippen molar-refractivity contribution in [3.05, 3.63) is 11.8 Å². The SMILES string of the molecule is CCCNc1nc(OC)nc2c(CCNC(=O)OC(C)(C)C)cnn12. The van der Waals surface area contributed by atoms with Crippen molar-refractivity contribution in [2.75, 3.05) is 25.5 Å². The third-order valence-electron chi connectivity index (χ3n) is 3.20. The van der Waals surface area contributed by atoms with Gasteiger partial charge in [-0.25, -0.2) is 4.79 Å². The first-order valence-electron chi connectivity index (χ1n) is 8.33. The molecule has 0 aliphatic rings. The fourth-order valence-electron chi connectivity index (χ4n) is 2.14. The summed E-state index contributed by atoms with van der Waals surface area (Å²) in [6, 6.07) is 0.271. The number of carbonyl (C=O) groups excluding carboxylic acids is 1. The lowest BCUT2D eigenvalue weighted by atomic mass is 10.2. The van der Waals surface area contributed by atoms with Crippen molar-refractivity contribution in [1.29, 1.82) is 0 Å². The Hall–Kier alpha value is -2.58. The van der Waals surface area contributed by atoms with Gasteiger partial charge in [-0.2, -0.15) is 19.6 Å². The minimum Gasteiger partial charge on any atom is -0.467 e. The van der Waals surface area contributed by atoms with Gasteiger partial charge in [0.15, 0.2) is 5.65 Å². The number of nitrogens with zero attached hydrogens (tertiary/aromatic N) is 4.